The summed E-state index contributed by atoms with van der Waals surface area (Å²) in [5.74, 6) is 0. The van der Waals surface area contributed by atoms with Gasteiger partial charge in [0.2, 0.25) is 0 Å². The molecule has 0 fully saturated rings. The normalized spacial score (nSPS) is 11.2. The molecule has 1 aromatic heterocycles. The van der Waals surface area contributed by atoms with E-state index in [1.54, 1.807) is 18.2 Å². The maximum atomic E-state index is 12.4. The van der Waals surface area contributed by atoms with Crippen molar-refractivity contribution in [3.63, 3.8) is 0 Å². The van der Waals surface area contributed by atoms with Gasteiger partial charge in [-0.05, 0) is 36.4 Å². The Hall–Kier alpha value is -3.13. The number of benzene rings is 2. The van der Waals surface area contributed by atoms with E-state index < -0.39 is 14.9 Å². The highest BCUT2D eigenvalue weighted by Crippen LogP contribution is 2.22. The zero-order valence-corrected chi connectivity index (χ0v) is 13.2. The van der Waals surface area contributed by atoms with Crippen LogP contribution in [0.2, 0.25) is 0 Å². The van der Waals surface area contributed by atoms with E-state index in [9.17, 15) is 18.5 Å². The lowest BCUT2D eigenvalue weighted by Crippen LogP contribution is -2.13. The maximum absolute atomic E-state index is 12.4. The summed E-state index contributed by atoms with van der Waals surface area (Å²) in [6, 6.07) is 15.5. The zero-order valence-electron chi connectivity index (χ0n) is 12.4. The lowest BCUT2D eigenvalue weighted by atomic mass is 10.3. The molecule has 0 radical (unpaired) electrons. The van der Waals surface area contributed by atoms with Crippen molar-refractivity contribution in [1.82, 2.24) is 4.57 Å². The fourth-order valence-electron chi connectivity index (χ4n) is 2.21. The number of hydrogen-bond acceptors (Lipinski definition) is 4. The first-order valence-electron chi connectivity index (χ1n) is 6.96. The molecule has 3 aromatic rings. The van der Waals surface area contributed by atoms with Crippen LogP contribution in [0, 0.1) is 10.1 Å². The van der Waals surface area contributed by atoms with Crippen molar-refractivity contribution in [2.24, 2.45) is 0 Å². The summed E-state index contributed by atoms with van der Waals surface area (Å²) in [5.41, 5.74) is 0.880. The predicted octanol–water partition coefficient (Wildman–Crippen LogP) is 3.19. The number of nitro benzene ring substituents is 1. The zero-order chi connectivity index (χ0) is 17.2. The van der Waals surface area contributed by atoms with Gasteiger partial charge in [0.25, 0.3) is 15.7 Å². The molecule has 0 bridgehead atoms. The molecule has 0 aliphatic carbocycles. The first-order valence-corrected chi connectivity index (χ1v) is 8.45. The van der Waals surface area contributed by atoms with Gasteiger partial charge in [0.1, 0.15) is 0 Å². The van der Waals surface area contributed by atoms with E-state index in [0.29, 0.717) is 5.69 Å². The summed E-state index contributed by atoms with van der Waals surface area (Å²) < 4.78 is 29.1. The number of aromatic nitrogens is 1. The number of rotatable bonds is 5. The molecule has 1 heterocycles. The first kappa shape index (κ1) is 15.8. The highest BCUT2D eigenvalue weighted by molar-refractivity contribution is 7.92. The summed E-state index contributed by atoms with van der Waals surface area (Å²) in [6.07, 6.45) is 3.68. The third-order valence-corrected chi connectivity index (χ3v) is 4.72. The van der Waals surface area contributed by atoms with Gasteiger partial charge in [-0.15, -0.1) is 0 Å². The molecule has 0 spiro atoms. The molecule has 122 valence electrons. The number of non-ortho nitro benzene ring substituents is 1. The summed E-state index contributed by atoms with van der Waals surface area (Å²) >= 11 is 0. The quantitative estimate of drug-likeness (QED) is 0.568. The van der Waals surface area contributed by atoms with E-state index in [-0.39, 0.29) is 10.6 Å². The Morgan fingerprint density at radius 3 is 2.38 bits per heavy atom. The number of nitro groups is 1. The van der Waals surface area contributed by atoms with Gasteiger partial charge in [-0.3, -0.25) is 14.8 Å². The van der Waals surface area contributed by atoms with Gasteiger partial charge in [-0.25, -0.2) is 8.42 Å². The van der Waals surface area contributed by atoms with E-state index in [4.69, 9.17) is 0 Å². The minimum atomic E-state index is -3.92. The van der Waals surface area contributed by atoms with Crippen LogP contribution in [-0.4, -0.2) is 17.9 Å². The van der Waals surface area contributed by atoms with Gasteiger partial charge in [-0.2, -0.15) is 0 Å². The van der Waals surface area contributed by atoms with E-state index in [1.807, 2.05) is 35.2 Å². The lowest BCUT2D eigenvalue weighted by molar-refractivity contribution is -0.385. The van der Waals surface area contributed by atoms with Crippen molar-refractivity contribution in [3.05, 3.63) is 83.2 Å². The van der Waals surface area contributed by atoms with Crippen LogP contribution in [-0.2, 0) is 10.0 Å². The maximum Gasteiger partial charge on any atom is 0.270 e. The molecule has 0 saturated heterocycles. The van der Waals surface area contributed by atoms with Crippen LogP contribution >= 0.6 is 0 Å². The average Bonchev–Trinajstić information content (AvgIpc) is 3.09. The van der Waals surface area contributed by atoms with Crippen molar-refractivity contribution in [2.45, 2.75) is 4.90 Å². The summed E-state index contributed by atoms with van der Waals surface area (Å²) in [5, 5.41) is 10.8. The molecule has 0 aliphatic heterocycles. The van der Waals surface area contributed by atoms with Crippen LogP contribution in [0.3, 0.4) is 0 Å². The van der Waals surface area contributed by atoms with E-state index >= 15 is 0 Å². The second kappa shape index (κ2) is 6.17. The summed E-state index contributed by atoms with van der Waals surface area (Å²) in [4.78, 5) is 10.0. The average molecular weight is 343 g/mol. The van der Waals surface area contributed by atoms with Crippen LogP contribution in [0.15, 0.2) is 78.0 Å². The molecule has 2 aromatic carbocycles. The molecule has 0 saturated carbocycles. The van der Waals surface area contributed by atoms with Gasteiger partial charge < -0.3 is 4.57 Å². The van der Waals surface area contributed by atoms with Gasteiger partial charge in [0.05, 0.1) is 15.5 Å². The van der Waals surface area contributed by atoms with Crippen molar-refractivity contribution in [1.29, 1.82) is 0 Å². The van der Waals surface area contributed by atoms with Crippen LogP contribution in [0.5, 0.6) is 0 Å². The Morgan fingerprint density at radius 2 is 1.67 bits per heavy atom. The van der Waals surface area contributed by atoms with Crippen molar-refractivity contribution >= 4 is 21.4 Å². The highest BCUT2D eigenvalue weighted by atomic mass is 32.2. The predicted molar refractivity (Wildman–Crippen MR) is 89.7 cm³/mol. The molecular weight excluding hydrogens is 330 g/mol. The van der Waals surface area contributed by atoms with E-state index in [1.165, 1.54) is 18.2 Å². The monoisotopic (exact) mass is 343 g/mol. The largest absolute Gasteiger partial charge is 0.324 e. The smallest absolute Gasteiger partial charge is 0.270 e. The number of nitrogens with zero attached hydrogens (tertiary/aromatic N) is 2. The fourth-order valence-corrected chi connectivity index (χ4v) is 3.30. The molecule has 0 unspecified atom stereocenters. The second-order valence-electron chi connectivity index (χ2n) is 5.00. The molecular formula is C16H13N3O4S. The lowest BCUT2D eigenvalue weighted by Gasteiger charge is -2.10. The van der Waals surface area contributed by atoms with Gasteiger partial charge in [0, 0.05) is 30.2 Å². The number of hydrogen-bond donors (Lipinski definition) is 1. The Labute approximate surface area is 138 Å². The van der Waals surface area contributed by atoms with Gasteiger partial charge in [-0.1, -0.05) is 12.1 Å². The molecule has 1 N–H and O–H groups in total. The molecule has 0 atom stereocenters. The van der Waals surface area contributed by atoms with Gasteiger partial charge in [0.15, 0.2) is 0 Å². The van der Waals surface area contributed by atoms with Crippen LogP contribution in [0.1, 0.15) is 0 Å². The molecule has 8 heteroatoms. The van der Waals surface area contributed by atoms with E-state index in [0.717, 1.165) is 11.8 Å². The Morgan fingerprint density at radius 1 is 0.958 bits per heavy atom. The molecule has 24 heavy (non-hydrogen) atoms. The Bertz CT molecular complexity index is 982. The Balaban J connectivity index is 1.91. The van der Waals surface area contributed by atoms with Crippen LogP contribution < -0.4 is 4.72 Å². The minimum absolute atomic E-state index is 0.164. The fraction of sp³-hybridized carbons (Fsp3) is 0. The van der Waals surface area contributed by atoms with Crippen molar-refractivity contribution < 1.29 is 13.3 Å². The first-order chi connectivity index (χ1) is 11.5. The van der Waals surface area contributed by atoms with E-state index in [2.05, 4.69) is 4.72 Å². The highest BCUT2D eigenvalue weighted by Gasteiger charge is 2.17. The molecule has 0 amide bonds. The van der Waals surface area contributed by atoms with Crippen LogP contribution in [0.25, 0.3) is 5.69 Å². The second-order valence-corrected chi connectivity index (χ2v) is 6.68. The van der Waals surface area contributed by atoms with Gasteiger partial charge >= 0.3 is 0 Å². The number of nitrogens with one attached hydrogen (secondary N) is 1. The minimum Gasteiger partial charge on any atom is -0.324 e. The third kappa shape index (κ3) is 3.28. The Kier molecular flexibility index (Phi) is 4.05. The summed E-state index contributed by atoms with van der Waals surface area (Å²) in [6.45, 7) is 0. The number of sulfonamides is 1. The van der Waals surface area contributed by atoms with Crippen molar-refractivity contribution in [3.8, 4) is 5.69 Å². The third-order valence-electron chi connectivity index (χ3n) is 3.34. The van der Waals surface area contributed by atoms with Crippen LogP contribution in [0.4, 0.5) is 11.4 Å². The molecule has 7 nitrogen and oxygen atoms in total. The molecule has 0 aliphatic rings. The number of anilines is 1. The topological polar surface area (TPSA) is 94.2 Å². The summed E-state index contributed by atoms with van der Waals surface area (Å²) in [7, 11) is -3.92. The van der Waals surface area contributed by atoms with Crippen molar-refractivity contribution in [2.75, 3.05) is 4.72 Å². The standard InChI is InChI=1S/C16H13N3O4S/c20-19(21)15-7-4-8-16(12-15)24(22,23)17-13-5-3-6-14(11-13)18-9-1-2-10-18/h1-12,17H. The molecule has 3 rings (SSSR count). The SMILES string of the molecule is O=[N+]([O-])c1cccc(S(=O)(=O)Nc2cccc(-n3cccc3)c2)c1.